The number of nitrogens with zero attached hydrogens (tertiary/aromatic N) is 4. The number of nitrogens with two attached hydrogens (primary N) is 1. The van der Waals surface area contributed by atoms with Gasteiger partial charge in [-0.05, 0) is 37.2 Å². The van der Waals surface area contributed by atoms with Crippen LogP contribution in [0.15, 0.2) is 43.9 Å². The van der Waals surface area contributed by atoms with Gasteiger partial charge >= 0.3 is 0 Å². The van der Waals surface area contributed by atoms with Crippen molar-refractivity contribution in [3.63, 3.8) is 0 Å². The topological polar surface area (TPSA) is 81.1 Å². The molecule has 3 aromatic heterocycles. The first-order chi connectivity index (χ1) is 15.6. The maximum atomic E-state index is 11.9. The van der Waals surface area contributed by atoms with Crippen LogP contribution in [0.5, 0.6) is 0 Å². The number of rotatable bonds is 5. The molecular weight excluding hydrogens is 422 g/mol. The van der Waals surface area contributed by atoms with Gasteiger partial charge in [-0.15, -0.1) is 0 Å². The van der Waals surface area contributed by atoms with Crippen molar-refractivity contribution in [2.45, 2.75) is 58.4 Å². The minimum atomic E-state index is -2.37. The van der Waals surface area contributed by atoms with Crippen LogP contribution in [0.25, 0.3) is 17.2 Å². The first-order valence-corrected chi connectivity index (χ1v) is 11.1. The Morgan fingerprint density at radius 2 is 1.97 bits per heavy atom. The zero-order valence-electron chi connectivity index (χ0n) is 19.9. The first-order valence-electron chi connectivity index (χ1n) is 11.1. The molecule has 6 nitrogen and oxygen atoms in total. The molecule has 4 rings (SSSR count). The largest absolute Gasteiger partial charge is 0.368 e. The second-order valence-electron chi connectivity index (χ2n) is 8.00. The molecule has 0 radical (unpaired) electrons. The zero-order valence-corrected chi connectivity index (χ0v) is 19.9. The Kier molecular flexibility index (Phi) is 9.22. The molecular formula is C25H34F2N6. The number of aromatic nitrogens is 4. The van der Waals surface area contributed by atoms with Crippen molar-refractivity contribution in [3.8, 4) is 0 Å². The molecule has 1 saturated carbocycles. The van der Waals surface area contributed by atoms with Gasteiger partial charge in [0, 0.05) is 42.4 Å². The van der Waals surface area contributed by atoms with Crippen LogP contribution in [0, 0.1) is 6.92 Å². The monoisotopic (exact) mass is 456 g/mol. The van der Waals surface area contributed by atoms with Gasteiger partial charge in [0.2, 0.25) is 5.95 Å². The number of anilines is 1. The number of hydrogen-bond donors (Lipinski definition) is 2. The fraction of sp³-hybridized carbons (Fsp3) is 0.400. The van der Waals surface area contributed by atoms with Gasteiger partial charge in [0.25, 0.3) is 5.92 Å². The number of hydrogen-bond acceptors (Lipinski definition) is 5. The summed E-state index contributed by atoms with van der Waals surface area (Å²) in [6.45, 7) is 14.2. The van der Waals surface area contributed by atoms with Crippen molar-refractivity contribution in [2.24, 2.45) is 0 Å². The van der Waals surface area contributed by atoms with E-state index >= 15 is 0 Å². The summed E-state index contributed by atoms with van der Waals surface area (Å²) in [5, 5.41) is 7.04. The van der Waals surface area contributed by atoms with Crippen LogP contribution < -0.4 is 11.1 Å². The number of aryl methyl sites for hydroxylation is 1. The van der Waals surface area contributed by atoms with Crippen molar-refractivity contribution in [3.05, 3.63) is 66.3 Å². The molecule has 1 aliphatic rings. The van der Waals surface area contributed by atoms with Crippen molar-refractivity contribution >= 4 is 23.1 Å². The van der Waals surface area contributed by atoms with Crippen LogP contribution in [0.3, 0.4) is 0 Å². The third-order valence-electron chi connectivity index (χ3n) is 5.44. The average Bonchev–Trinajstić information content (AvgIpc) is 3.20. The Morgan fingerprint density at radius 3 is 2.45 bits per heavy atom. The second-order valence-corrected chi connectivity index (χ2v) is 8.00. The first kappa shape index (κ1) is 26.1. The molecule has 33 heavy (non-hydrogen) atoms. The summed E-state index contributed by atoms with van der Waals surface area (Å²) in [5.74, 6) is -2.10. The highest BCUT2D eigenvalue weighted by atomic mass is 19.3. The molecule has 0 amide bonds. The number of alkyl halides is 2. The van der Waals surface area contributed by atoms with Crippen LogP contribution in [-0.2, 0) is 0 Å². The van der Waals surface area contributed by atoms with Gasteiger partial charge in [0.05, 0.1) is 17.4 Å². The molecule has 8 heteroatoms. The highest BCUT2D eigenvalue weighted by Gasteiger charge is 2.44. The molecule has 0 unspecified atom stereocenters. The zero-order chi connectivity index (χ0) is 24.6. The fourth-order valence-corrected chi connectivity index (χ4v) is 3.15. The molecule has 0 bridgehead atoms. The van der Waals surface area contributed by atoms with Crippen molar-refractivity contribution < 1.29 is 8.78 Å². The van der Waals surface area contributed by atoms with E-state index in [-0.39, 0.29) is 24.8 Å². The third-order valence-corrected chi connectivity index (χ3v) is 5.44. The number of nitrogens with one attached hydrogen (secondary N) is 1. The summed E-state index contributed by atoms with van der Waals surface area (Å²) in [6, 6.07) is 4.05. The smallest absolute Gasteiger partial charge is 0.251 e. The van der Waals surface area contributed by atoms with Crippen LogP contribution in [0.4, 0.5) is 14.7 Å². The summed E-state index contributed by atoms with van der Waals surface area (Å²) < 4.78 is 25.7. The minimum absolute atomic E-state index is 0.0174. The summed E-state index contributed by atoms with van der Waals surface area (Å²) in [7, 11) is 1.71. The Hall–Kier alpha value is -3.13. The molecule has 1 fully saturated rings. The van der Waals surface area contributed by atoms with Crippen molar-refractivity contribution in [1.82, 2.24) is 24.9 Å². The van der Waals surface area contributed by atoms with Gasteiger partial charge in [-0.3, -0.25) is 0 Å². The Morgan fingerprint density at radius 1 is 1.30 bits per heavy atom. The van der Waals surface area contributed by atoms with E-state index in [4.69, 9.17) is 5.73 Å². The van der Waals surface area contributed by atoms with E-state index in [2.05, 4.69) is 47.4 Å². The molecule has 3 N–H and O–H groups in total. The van der Waals surface area contributed by atoms with E-state index in [9.17, 15) is 8.78 Å². The highest BCUT2D eigenvalue weighted by Crippen LogP contribution is 2.36. The van der Waals surface area contributed by atoms with Crippen molar-refractivity contribution in [2.75, 3.05) is 12.8 Å². The van der Waals surface area contributed by atoms with Gasteiger partial charge in [-0.25, -0.2) is 23.3 Å². The number of nitrogen functional groups attached to an aromatic ring is 1. The predicted molar refractivity (Wildman–Crippen MR) is 132 cm³/mol. The van der Waals surface area contributed by atoms with Gasteiger partial charge < -0.3 is 11.1 Å². The molecule has 0 aromatic carbocycles. The fourth-order valence-electron chi connectivity index (χ4n) is 3.15. The molecule has 1 aliphatic carbocycles. The number of pyridine rings is 1. The van der Waals surface area contributed by atoms with Gasteiger partial charge in [-0.1, -0.05) is 45.9 Å². The van der Waals surface area contributed by atoms with Crippen molar-refractivity contribution in [1.29, 1.82) is 0 Å². The lowest BCUT2D eigenvalue weighted by molar-refractivity contribution is -0.0910. The van der Waals surface area contributed by atoms with Crippen LogP contribution in [-0.4, -0.2) is 38.6 Å². The maximum Gasteiger partial charge on any atom is 0.251 e. The SMILES string of the molecule is C=Cc1cnn2ccc(C(=C)c3cnc(N)nc3C)cc12.CCCC.CNC1CC(F)(F)C1. The quantitative estimate of drug-likeness (QED) is 0.528. The van der Waals surface area contributed by atoms with Gasteiger partial charge in [-0.2, -0.15) is 5.10 Å². The van der Waals surface area contributed by atoms with Crippen LogP contribution >= 0.6 is 0 Å². The number of fused-ring (bicyclic) bond motifs is 1. The Bertz CT molecular complexity index is 1080. The van der Waals surface area contributed by atoms with E-state index in [1.165, 1.54) is 12.8 Å². The second kappa shape index (κ2) is 11.7. The molecule has 178 valence electrons. The highest BCUT2D eigenvalue weighted by molar-refractivity contribution is 5.82. The normalized spacial score (nSPS) is 14.4. The average molecular weight is 457 g/mol. The predicted octanol–water partition coefficient (Wildman–Crippen LogP) is 5.53. The standard InChI is InChI=1S/C16H15N5.C5H9F2N.C4H10/c1-4-12-8-19-21-6-5-13(7-15(12)21)10(2)14-9-18-16(17)20-11(14)3;1-8-4-2-5(6,7)3-4;1-3-4-2/h4-9H,1-2H2,3H3,(H2,17,18,20);4,8H,2-3H2,1H3;3-4H2,1-2H3. The Labute approximate surface area is 194 Å². The summed E-state index contributed by atoms with van der Waals surface area (Å²) in [6.07, 6.45) is 9.84. The number of unbranched alkanes of at least 4 members (excludes halogenated alkanes) is 1. The molecule has 3 aromatic rings. The molecule has 0 aliphatic heterocycles. The third kappa shape index (κ3) is 6.92. The minimum Gasteiger partial charge on any atom is -0.368 e. The van der Waals surface area contributed by atoms with Crippen LogP contribution in [0.1, 0.15) is 61.9 Å². The molecule has 0 atom stereocenters. The maximum absolute atomic E-state index is 11.9. The molecule has 3 heterocycles. The lowest BCUT2D eigenvalue weighted by Gasteiger charge is -2.34. The lowest BCUT2D eigenvalue weighted by atomic mass is 9.88. The lowest BCUT2D eigenvalue weighted by Crippen LogP contribution is -2.46. The molecule has 0 saturated heterocycles. The van der Waals surface area contributed by atoms with E-state index in [0.717, 1.165) is 33.5 Å². The van der Waals surface area contributed by atoms with Gasteiger partial charge in [0.1, 0.15) is 0 Å². The molecule has 0 spiro atoms. The van der Waals surface area contributed by atoms with E-state index in [1.54, 1.807) is 30.0 Å². The summed E-state index contributed by atoms with van der Waals surface area (Å²) in [5.41, 5.74) is 11.1. The van der Waals surface area contributed by atoms with Crippen LogP contribution in [0.2, 0.25) is 0 Å². The summed E-state index contributed by atoms with van der Waals surface area (Å²) >= 11 is 0. The van der Waals surface area contributed by atoms with Gasteiger partial charge in [0.15, 0.2) is 0 Å². The Balaban J connectivity index is 0.000000265. The van der Waals surface area contributed by atoms with E-state index < -0.39 is 5.92 Å². The summed E-state index contributed by atoms with van der Waals surface area (Å²) in [4.78, 5) is 8.22. The number of halogens is 2. The van der Waals surface area contributed by atoms with E-state index in [1.807, 2.05) is 25.3 Å². The van der Waals surface area contributed by atoms with E-state index in [0.29, 0.717) is 0 Å².